The van der Waals surface area contributed by atoms with Gasteiger partial charge in [-0.05, 0) is 41.5 Å². The molecule has 2 amide bonds. The first-order valence-corrected chi connectivity index (χ1v) is 8.88. The van der Waals surface area contributed by atoms with Crippen molar-refractivity contribution in [2.45, 2.75) is 19.8 Å². The van der Waals surface area contributed by atoms with E-state index in [1.165, 1.54) is 0 Å². The summed E-state index contributed by atoms with van der Waals surface area (Å²) in [6.45, 7) is 1.95. The molecule has 5 nitrogen and oxygen atoms in total. The zero-order chi connectivity index (χ0) is 19.1. The van der Waals surface area contributed by atoms with Crippen molar-refractivity contribution >= 4 is 34.5 Å². The lowest BCUT2D eigenvalue weighted by molar-refractivity contribution is -0.116. The first kappa shape index (κ1) is 18.3. The van der Waals surface area contributed by atoms with Crippen LogP contribution >= 0.6 is 0 Å². The van der Waals surface area contributed by atoms with E-state index >= 15 is 0 Å². The Hall–Kier alpha value is -3.47. The summed E-state index contributed by atoms with van der Waals surface area (Å²) in [5, 5.41) is 9.05. The predicted octanol–water partition coefficient (Wildman–Crippen LogP) is 4.34. The number of hydrogen-bond donors (Lipinski definition) is 2. The van der Waals surface area contributed by atoms with E-state index in [0.29, 0.717) is 17.7 Å². The van der Waals surface area contributed by atoms with E-state index < -0.39 is 0 Å². The number of nitrogens with one attached hydrogen (secondary N) is 2. The predicted molar refractivity (Wildman–Crippen MR) is 109 cm³/mol. The molecule has 5 heteroatoms. The smallest absolute Gasteiger partial charge is 0.271 e. The van der Waals surface area contributed by atoms with Gasteiger partial charge in [0.25, 0.3) is 5.91 Å². The van der Waals surface area contributed by atoms with Gasteiger partial charge < -0.3 is 5.32 Å². The lowest BCUT2D eigenvalue weighted by Crippen LogP contribution is -2.17. The van der Waals surface area contributed by atoms with E-state index in [-0.39, 0.29) is 11.8 Å². The number of rotatable bonds is 6. The Bertz CT molecular complexity index is 973. The van der Waals surface area contributed by atoms with Crippen LogP contribution in [0.5, 0.6) is 0 Å². The fourth-order valence-corrected chi connectivity index (χ4v) is 2.74. The van der Waals surface area contributed by atoms with Crippen LogP contribution in [0.3, 0.4) is 0 Å². The van der Waals surface area contributed by atoms with Crippen molar-refractivity contribution in [1.29, 1.82) is 0 Å². The number of anilines is 1. The van der Waals surface area contributed by atoms with Gasteiger partial charge in [0.2, 0.25) is 5.91 Å². The summed E-state index contributed by atoms with van der Waals surface area (Å²) in [6.07, 6.45) is 2.91. The van der Waals surface area contributed by atoms with Crippen molar-refractivity contribution in [2.24, 2.45) is 5.10 Å². The highest BCUT2D eigenvalue weighted by Crippen LogP contribution is 2.16. The molecule has 0 unspecified atom stereocenters. The quantitative estimate of drug-likeness (QED) is 0.508. The van der Waals surface area contributed by atoms with Gasteiger partial charge in [-0.3, -0.25) is 9.59 Å². The molecular weight excluding hydrogens is 338 g/mol. The summed E-state index contributed by atoms with van der Waals surface area (Å²) in [6, 6.07) is 20.7. The molecule has 0 aliphatic heterocycles. The number of carbonyl (C=O) groups is 2. The Kier molecular flexibility index (Phi) is 5.94. The van der Waals surface area contributed by atoms with E-state index in [2.05, 4.69) is 15.8 Å². The number of carbonyl (C=O) groups excluding carboxylic acids is 2. The van der Waals surface area contributed by atoms with Crippen LogP contribution < -0.4 is 10.7 Å². The second-order valence-electron chi connectivity index (χ2n) is 6.14. The minimum Gasteiger partial charge on any atom is -0.326 e. The van der Waals surface area contributed by atoms with Gasteiger partial charge in [0.05, 0.1) is 6.21 Å². The van der Waals surface area contributed by atoms with Crippen LogP contribution in [0.15, 0.2) is 71.8 Å². The molecule has 0 aromatic heterocycles. The van der Waals surface area contributed by atoms with Gasteiger partial charge >= 0.3 is 0 Å². The fourth-order valence-electron chi connectivity index (χ4n) is 2.74. The maximum atomic E-state index is 12.2. The average molecular weight is 359 g/mol. The fraction of sp³-hybridized carbons (Fsp3) is 0.136. The molecule has 0 spiro atoms. The molecule has 0 aliphatic carbocycles. The van der Waals surface area contributed by atoms with Crippen LogP contribution in [0.1, 0.15) is 35.7 Å². The minimum atomic E-state index is -0.307. The summed E-state index contributed by atoms with van der Waals surface area (Å²) in [4.78, 5) is 23.8. The van der Waals surface area contributed by atoms with Gasteiger partial charge in [0.1, 0.15) is 0 Å². The summed E-state index contributed by atoms with van der Waals surface area (Å²) in [5.41, 5.74) is 4.61. The van der Waals surface area contributed by atoms with Crippen LogP contribution in [0, 0.1) is 0 Å². The molecule has 3 rings (SSSR count). The number of benzene rings is 3. The monoisotopic (exact) mass is 359 g/mol. The molecule has 0 aliphatic rings. The molecule has 3 aromatic rings. The second kappa shape index (κ2) is 8.76. The molecule has 136 valence electrons. The van der Waals surface area contributed by atoms with Gasteiger partial charge in [-0.25, -0.2) is 5.43 Å². The topological polar surface area (TPSA) is 70.6 Å². The van der Waals surface area contributed by atoms with Crippen LogP contribution in [0.4, 0.5) is 5.69 Å². The van der Waals surface area contributed by atoms with Crippen molar-refractivity contribution in [3.63, 3.8) is 0 Å². The second-order valence-corrected chi connectivity index (χ2v) is 6.14. The first-order valence-electron chi connectivity index (χ1n) is 8.88. The number of hydrogen-bond acceptors (Lipinski definition) is 3. The highest BCUT2D eigenvalue weighted by Gasteiger charge is 2.06. The molecular formula is C22H21N3O2. The molecule has 2 N–H and O–H groups in total. The van der Waals surface area contributed by atoms with Crippen molar-refractivity contribution in [2.75, 3.05) is 5.32 Å². The SMILES string of the molecule is CCCC(=O)Nc1ccc(C(=O)N/N=C/c2cccc3ccccc23)cc1. The average Bonchev–Trinajstić information content (AvgIpc) is 2.69. The van der Waals surface area contributed by atoms with Crippen molar-refractivity contribution in [1.82, 2.24) is 5.43 Å². The minimum absolute atomic E-state index is 0.0330. The molecule has 0 fully saturated rings. The number of amides is 2. The first-order chi connectivity index (χ1) is 13.2. The lowest BCUT2D eigenvalue weighted by Gasteiger charge is -2.05. The maximum Gasteiger partial charge on any atom is 0.271 e. The van der Waals surface area contributed by atoms with E-state index in [1.54, 1.807) is 30.5 Å². The molecule has 0 atom stereocenters. The number of fused-ring (bicyclic) bond motifs is 1. The van der Waals surface area contributed by atoms with Gasteiger partial charge in [-0.2, -0.15) is 5.10 Å². The third-order valence-electron chi connectivity index (χ3n) is 4.10. The summed E-state index contributed by atoms with van der Waals surface area (Å²) in [7, 11) is 0. The zero-order valence-electron chi connectivity index (χ0n) is 15.1. The number of nitrogens with zero attached hydrogens (tertiary/aromatic N) is 1. The largest absolute Gasteiger partial charge is 0.326 e. The van der Waals surface area contributed by atoms with Gasteiger partial charge in [-0.1, -0.05) is 49.4 Å². The molecule has 0 bridgehead atoms. The van der Waals surface area contributed by atoms with Crippen LogP contribution in [-0.2, 0) is 4.79 Å². The van der Waals surface area contributed by atoms with Crippen molar-refractivity contribution in [3.05, 3.63) is 77.9 Å². The molecule has 0 saturated heterocycles. The van der Waals surface area contributed by atoms with Crippen molar-refractivity contribution < 1.29 is 9.59 Å². The maximum absolute atomic E-state index is 12.2. The van der Waals surface area contributed by atoms with Crippen LogP contribution in [-0.4, -0.2) is 18.0 Å². The van der Waals surface area contributed by atoms with Crippen LogP contribution in [0.2, 0.25) is 0 Å². The van der Waals surface area contributed by atoms with E-state index in [4.69, 9.17) is 0 Å². The summed E-state index contributed by atoms with van der Waals surface area (Å²) in [5.74, 6) is -0.340. The van der Waals surface area contributed by atoms with E-state index in [1.807, 2.05) is 49.4 Å². The highest BCUT2D eigenvalue weighted by atomic mass is 16.2. The van der Waals surface area contributed by atoms with E-state index in [9.17, 15) is 9.59 Å². The Morgan fingerprint density at radius 1 is 0.963 bits per heavy atom. The third kappa shape index (κ3) is 4.79. The molecule has 0 radical (unpaired) electrons. The Morgan fingerprint density at radius 2 is 1.70 bits per heavy atom. The molecule has 0 heterocycles. The highest BCUT2D eigenvalue weighted by molar-refractivity contribution is 6.01. The Labute approximate surface area is 158 Å². The Morgan fingerprint density at radius 3 is 2.48 bits per heavy atom. The molecule has 0 saturated carbocycles. The lowest BCUT2D eigenvalue weighted by atomic mass is 10.1. The third-order valence-corrected chi connectivity index (χ3v) is 4.10. The standard InChI is InChI=1S/C22H21N3O2/c1-2-6-21(26)24-19-13-11-17(12-14-19)22(27)25-23-15-18-9-5-8-16-7-3-4-10-20(16)18/h3-5,7-15H,2,6H2,1H3,(H,24,26)(H,25,27)/b23-15+. The molecule has 27 heavy (non-hydrogen) atoms. The summed E-state index contributed by atoms with van der Waals surface area (Å²) >= 11 is 0. The Balaban J connectivity index is 1.63. The van der Waals surface area contributed by atoms with Gasteiger partial charge in [0, 0.05) is 23.2 Å². The van der Waals surface area contributed by atoms with Crippen molar-refractivity contribution in [3.8, 4) is 0 Å². The molecule has 3 aromatic carbocycles. The summed E-state index contributed by atoms with van der Waals surface area (Å²) < 4.78 is 0. The van der Waals surface area contributed by atoms with Gasteiger partial charge in [-0.15, -0.1) is 0 Å². The van der Waals surface area contributed by atoms with Crippen LogP contribution in [0.25, 0.3) is 10.8 Å². The number of hydrazone groups is 1. The van der Waals surface area contributed by atoms with E-state index in [0.717, 1.165) is 22.8 Å². The zero-order valence-corrected chi connectivity index (χ0v) is 15.1. The normalized spacial score (nSPS) is 10.9. The van der Waals surface area contributed by atoms with Gasteiger partial charge in [0.15, 0.2) is 0 Å².